The summed E-state index contributed by atoms with van der Waals surface area (Å²) in [4.78, 5) is 0. The molecule has 0 amide bonds. The number of nitrogens with zero attached hydrogens (tertiary/aromatic N) is 2. The molecular formula is C42H50N2Ni. The predicted molar refractivity (Wildman–Crippen MR) is 188 cm³/mol. The van der Waals surface area contributed by atoms with Gasteiger partial charge in [0.2, 0.25) is 11.4 Å². The molecule has 0 fully saturated rings. The molecule has 2 nitrogen and oxygen atoms in total. The van der Waals surface area contributed by atoms with Crippen LogP contribution in [0.3, 0.4) is 0 Å². The minimum absolute atomic E-state index is 0.897. The average Bonchev–Trinajstić information content (AvgIpc) is 3.42. The van der Waals surface area contributed by atoms with E-state index in [1.165, 1.54) is 58.2 Å². The van der Waals surface area contributed by atoms with Gasteiger partial charge in [-0.25, -0.2) is 4.70 Å². The van der Waals surface area contributed by atoms with Gasteiger partial charge in [-0.1, -0.05) is 64.3 Å². The first-order chi connectivity index (χ1) is 22.1. The van der Waals surface area contributed by atoms with Crippen LogP contribution in [0.15, 0.2) is 121 Å². The summed E-state index contributed by atoms with van der Waals surface area (Å²) in [6, 6.07) is 38.6. The minimum atomic E-state index is 0.897. The molecule has 0 bridgehead atoms. The molecule has 0 radical (unpaired) electrons. The van der Waals surface area contributed by atoms with Crippen molar-refractivity contribution in [1.82, 2.24) is 0 Å². The van der Waals surface area contributed by atoms with Crippen molar-refractivity contribution in [2.24, 2.45) is 0 Å². The van der Waals surface area contributed by atoms with Crippen molar-refractivity contribution in [2.45, 2.75) is 89.3 Å². The predicted octanol–water partition coefficient (Wildman–Crippen LogP) is 11.8. The van der Waals surface area contributed by atoms with E-state index in [1.54, 1.807) is 14.4 Å². The van der Waals surface area contributed by atoms with Crippen LogP contribution in [0.4, 0.5) is 0 Å². The zero-order valence-corrected chi connectivity index (χ0v) is 28.4. The van der Waals surface area contributed by atoms with Gasteiger partial charge in [0, 0.05) is 22.8 Å². The van der Waals surface area contributed by atoms with Crippen LogP contribution in [0.25, 0.3) is 16.9 Å². The number of hydrogen-bond donors (Lipinski definition) is 0. The standard InChI is InChI=1S/C28H36N2.2C7H7.Ni/c1-4-7-12-22-14-10-17-24(19-22)27-21-26(16-9-6-3)28(30(27)29)25-18-11-15-23(20-25)13-8-5-2;2*1-7-5-3-2-4-6-7;/h10-11,14-15,17-21H,4-9,12-13,16H2,1-3H3;2*2-6H,1H2;. The summed E-state index contributed by atoms with van der Waals surface area (Å²) in [6.07, 6.45) is 12.4. The number of aryl methyl sites for hydroxylation is 2. The number of unbranched alkanes of at least 4 members (excludes halogenated alkanes) is 3. The Morgan fingerprint density at radius 2 is 1.00 bits per heavy atom. The van der Waals surface area contributed by atoms with E-state index in [1.807, 2.05) is 0 Å². The molecule has 0 unspecified atom stereocenters. The van der Waals surface area contributed by atoms with Gasteiger partial charge in [-0.05, 0) is 73.9 Å². The summed E-state index contributed by atoms with van der Waals surface area (Å²) in [7, 11) is 0. The van der Waals surface area contributed by atoms with Crippen molar-refractivity contribution in [3.05, 3.63) is 160 Å². The fourth-order valence-electron chi connectivity index (χ4n) is 5.47. The molecule has 1 heterocycles. The first-order valence-corrected chi connectivity index (χ1v) is 18.2. The van der Waals surface area contributed by atoms with Crippen LogP contribution in [0.1, 0.15) is 99.1 Å². The Labute approximate surface area is 278 Å². The van der Waals surface area contributed by atoms with Crippen molar-refractivity contribution < 1.29 is 19.1 Å². The maximum atomic E-state index is 11.3. The van der Waals surface area contributed by atoms with E-state index in [9.17, 15) is 5.53 Å². The molecular weight excluding hydrogens is 591 g/mol. The number of hydrogen-bond acceptors (Lipinski definition) is 0. The van der Waals surface area contributed by atoms with Gasteiger partial charge in [-0.15, -0.1) is 0 Å². The van der Waals surface area contributed by atoms with E-state index >= 15 is 0 Å². The first kappa shape index (κ1) is 34.3. The third-order valence-corrected chi connectivity index (χ3v) is 9.32. The molecule has 0 saturated carbocycles. The topological polar surface area (TPSA) is 25.3 Å². The van der Waals surface area contributed by atoms with Crippen molar-refractivity contribution >= 4 is 11.4 Å². The first-order valence-electron chi connectivity index (χ1n) is 16.8. The Kier molecular flexibility index (Phi) is 14.6. The van der Waals surface area contributed by atoms with E-state index in [4.69, 9.17) is 0 Å². The molecule has 0 aliphatic carbocycles. The van der Waals surface area contributed by atoms with Crippen molar-refractivity contribution in [3.63, 3.8) is 0 Å². The van der Waals surface area contributed by atoms with Gasteiger partial charge in [0.1, 0.15) is 0 Å². The van der Waals surface area contributed by atoms with Gasteiger partial charge in [0.25, 0.3) is 0 Å². The van der Waals surface area contributed by atoms with E-state index < -0.39 is 0 Å². The molecule has 238 valence electrons. The van der Waals surface area contributed by atoms with E-state index in [0.717, 1.165) is 65.4 Å². The van der Waals surface area contributed by atoms with E-state index in [0.29, 0.717) is 0 Å². The zero-order chi connectivity index (χ0) is 31.7. The van der Waals surface area contributed by atoms with Crippen LogP contribution in [0.5, 0.6) is 0 Å². The van der Waals surface area contributed by atoms with Gasteiger partial charge in [0.15, 0.2) is 0 Å². The third-order valence-electron chi connectivity index (χ3n) is 8.02. The van der Waals surface area contributed by atoms with Crippen LogP contribution >= 0.6 is 0 Å². The number of benzene rings is 4. The number of rotatable bonds is 15. The normalized spacial score (nSPS) is 12.7. The molecule has 3 heteroatoms. The van der Waals surface area contributed by atoms with E-state index in [-0.39, 0.29) is 0 Å². The van der Waals surface area contributed by atoms with Crippen molar-refractivity contribution in [1.29, 1.82) is 0 Å². The van der Waals surface area contributed by atoms with Crippen LogP contribution in [0.2, 0.25) is 0 Å². The fraction of sp³-hybridized carbons (Fsp3) is 0.333. The third kappa shape index (κ3) is 10.8. The molecule has 4 aromatic rings. The summed E-state index contributed by atoms with van der Waals surface area (Å²) >= 11 is 1.78. The molecule has 0 saturated heterocycles. The zero-order valence-electron chi connectivity index (χ0n) is 27.5. The molecule has 45 heavy (non-hydrogen) atoms. The second-order valence-corrected chi connectivity index (χ2v) is 13.0. The Morgan fingerprint density at radius 1 is 0.533 bits per heavy atom. The van der Waals surface area contributed by atoms with Crippen LogP contribution < -0.4 is 0 Å². The fourth-order valence-corrected chi connectivity index (χ4v) is 6.63. The summed E-state index contributed by atoms with van der Waals surface area (Å²) in [6.45, 7) is 6.68. The van der Waals surface area contributed by atoms with Crippen LogP contribution in [-0.4, -0.2) is 4.70 Å². The SMILES string of the molecule is CCCCC1=C(c2cccc(CCCC)c2)[N+](=[N-])C(c2cccc(CCCC)c2)=C1.c1ccc([CH2][Ni][CH2]c2ccccc2)cc1. The van der Waals surface area contributed by atoms with Gasteiger partial charge >= 0.3 is 97.0 Å². The van der Waals surface area contributed by atoms with Gasteiger partial charge in [-0.2, -0.15) is 0 Å². The quantitative estimate of drug-likeness (QED) is 0.0912. The van der Waals surface area contributed by atoms with Gasteiger partial charge < -0.3 is 5.53 Å². The number of allylic oxidation sites excluding steroid dienone is 2. The Balaban J connectivity index is 0.000000256. The molecule has 0 N–H and O–H groups in total. The van der Waals surface area contributed by atoms with E-state index in [2.05, 4.69) is 136 Å². The average molecular weight is 642 g/mol. The second kappa shape index (κ2) is 19.1. The van der Waals surface area contributed by atoms with Gasteiger partial charge in [-0.3, -0.25) is 0 Å². The molecule has 0 spiro atoms. The summed E-state index contributed by atoms with van der Waals surface area (Å²) < 4.78 is 1.43. The molecule has 1 aliphatic heterocycles. The monoisotopic (exact) mass is 640 g/mol. The summed E-state index contributed by atoms with van der Waals surface area (Å²) in [5.41, 5.74) is 22.1. The Hall–Kier alpha value is -3.55. The summed E-state index contributed by atoms with van der Waals surface area (Å²) in [5.74, 6) is 0. The Bertz CT molecular complexity index is 1500. The second-order valence-electron chi connectivity index (χ2n) is 11.8. The molecule has 5 rings (SSSR count). The van der Waals surface area contributed by atoms with Gasteiger partial charge in [0.05, 0.1) is 0 Å². The van der Waals surface area contributed by atoms with Crippen LogP contribution in [-0.2, 0) is 38.1 Å². The molecule has 0 atom stereocenters. The molecule has 0 aromatic heterocycles. The molecule has 4 aromatic carbocycles. The molecule has 1 aliphatic rings. The van der Waals surface area contributed by atoms with Crippen LogP contribution in [0, 0.1) is 0 Å². The summed E-state index contributed by atoms with van der Waals surface area (Å²) in [5, 5.41) is 2.23. The maximum absolute atomic E-state index is 11.3. The van der Waals surface area contributed by atoms with Crippen molar-refractivity contribution in [3.8, 4) is 0 Å². The van der Waals surface area contributed by atoms with Crippen molar-refractivity contribution in [2.75, 3.05) is 0 Å². The Morgan fingerprint density at radius 3 is 1.53 bits per heavy atom.